The molecule has 10 nitrogen and oxygen atoms in total. The van der Waals surface area contributed by atoms with Crippen LogP contribution in [0.3, 0.4) is 0 Å². The van der Waals surface area contributed by atoms with Crippen LogP contribution in [0.15, 0.2) is 24.3 Å². The number of nitrogens with one attached hydrogen (secondary N) is 1. The van der Waals surface area contributed by atoms with Gasteiger partial charge in [0.25, 0.3) is 5.91 Å². The molecule has 0 atom stereocenters. The average molecular weight is 505 g/mol. The van der Waals surface area contributed by atoms with E-state index in [-0.39, 0.29) is 29.2 Å². The van der Waals surface area contributed by atoms with Gasteiger partial charge in [0.05, 0.1) is 24.6 Å². The van der Waals surface area contributed by atoms with Crippen LogP contribution in [-0.4, -0.2) is 64.2 Å². The molecule has 2 amide bonds. The minimum absolute atomic E-state index is 0.167. The topological polar surface area (TPSA) is 142 Å². The highest BCUT2D eigenvalue weighted by Crippen LogP contribution is 2.29. The minimum atomic E-state index is -1.16. The lowest BCUT2D eigenvalue weighted by molar-refractivity contribution is -0.139. The van der Waals surface area contributed by atoms with Gasteiger partial charge in [0, 0.05) is 22.5 Å². The summed E-state index contributed by atoms with van der Waals surface area (Å²) in [5.74, 6) is -1.77. The molecule has 1 aromatic heterocycles. The maximum Gasteiger partial charge on any atom is 0.410 e. The Morgan fingerprint density at radius 3 is 2.57 bits per heavy atom. The number of Topliss-reactive ketones (excluding diaryl/α,β-unsaturated/α-hetero) is 1. The van der Waals surface area contributed by atoms with E-state index in [4.69, 9.17) is 14.6 Å². The molecule has 3 N–H and O–H groups in total. The van der Waals surface area contributed by atoms with Gasteiger partial charge in [-0.2, -0.15) is 0 Å². The molecule has 2 heterocycles. The quantitative estimate of drug-likeness (QED) is 0.466. The number of ketones is 1. The molecule has 35 heavy (non-hydrogen) atoms. The van der Waals surface area contributed by atoms with E-state index in [1.165, 1.54) is 29.5 Å². The largest absolute Gasteiger partial charge is 0.482 e. The number of ether oxygens (including phenoxy) is 2. The van der Waals surface area contributed by atoms with Crippen molar-refractivity contribution in [3.63, 3.8) is 0 Å². The van der Waals surface area contributed by atoms with Crippen LogP contribution >= 0.6 is 11.3 Å². The van der Waals surface area contributed by atoms with E-state index in [1.54, 1.807) is 31.7 Å². The molecule has 0 saturated heterocycles. The predicted octanol–water partition coefficient (Wildman–Crippen LogP) is 2.61. The highest BCUT2D eigenvalue weighted by molar-refractivity contribution is 7.14. The van der Waals surface area contributed by atoms with E-state index in [0.717, 1.165) is 10.4 Å². The highest BCUT2D eigenvalue weighted by atomic mass is 32.1. The zero-order valence-corrected chi connectivity index (χ0v) is 20.6. The summed E-state index contributed by atoms with van der Waals surface area (Å²) in [6.07, 6.45) is 0.221. The van der Waals surface area contributed by atoms with E-state index in [9.17, 15) is 24.3 Å². The zero-order chi connectivity index (χ0) is 25.8. The number of hydrogen-bond acceptors (Lipinski definition) is 8. The van der Waals surface area contributed by atoms with Crippen LogP contribution in [0, 0.1) is 0 Å². The van der Waals surface area contributed by atoms with Crippen molar-refractivity contribution in [3.05, 3.63) is 50.7 Å². The number of benzene rings is 1. The fraction of sp³-hybridized carbons (Fsp3) is 0.417. The SMILES string of the molecule is CC(C)(C)OC(=O)N1CCc2sc(C(=O)NCC(=O)c3ccc(OCC(=O)O)c(CO)c3)cc2C1. The van der Waals surface area contributed by atoms with Gasteiger partial charge in [-0.3, -0.25) is 9.59 Å². The Labute approximate surface area is 206 Å². The molecular weight excluding hydrogens is 476 g/mol. The molecule has 0 radical (unpaired) electrons. The van der Waals surface area contributed by atoms with Crippen molar-refractivity contribution < 1.29 is 38.9 Å². The van der Waals surface area contributed by atoms with Gasteiger partial charge in [-0.05, 0) is 57.0 Å². The molecule has 11 heteroatoms. The smallest absolute Gasteiger partial charge is 0.410 e. The van der Waals surface area contributed by atoms with Gasteiger partial charge in [-0.15, -0.1) is 11.3 Å². The first-order valence-electron chi connectivity index (χ1n) is 11.0. The first-order valence-corrected chi connectivity index (χ1v) is 11.8. The Morgan fingerprint density at radius 2 is 1.91 bits per heavy atom. The lowest BCUT2D eigenvalue weighted by atomic mass is 10.1. The summed E-state index contributed by atoms with van der Waals surface area (Å²) in [6.45, 7) is 5.00. The summed E-state index contributed by atoms with van der Waals surface area (Å²) in [4.78, 5) is 51.3. The number of hydrogen-bond donors (Lipinski definition) is 3. The third-order valence-electron chi connectivity index (χ3n) is 5.06. The summed E-state index contributed by atoms with van der Waals surface area (Å²) >= 11 is 1.33. The minimum Gasteiger partial charge on any atom is -0.482 e. The molecule has 0 spiro atoms. The number of aliphatic hydroxyl groups is 1. The molecule has 1 aliphatic rings. The second kappa shape index (κ2) is 10.9. The zero-order valence-electron chi connectivity index (χ0n) is 19.8. The molecule has 3 rings (SSSR count). The summed E-state index contributed by atoms with van der Waals surface area (Å²) in [5.41, 5.74) is 0.806. The van der Waals surface area contributed by atoms with Gasteiger partial charge in [0.2, 0.25) is 0 Å². The average Bonchev–Trinajstić information content (AvgIpc) is 3.23. The maximum atomic E-state index is 12.7. The summed E-state index contributed by atoms with van der Waals surface area (Å²) in [6, 6.07) is 5.99. The normalized spacial score (nSPS) is 13.1. The molecule has 0 aliphatic carbocycles. The second-order valence-electron chi connectivity index (χ2n) is 8.98. The number of carbonyl (C=O) groups excluding carboxylic acids is 3. The molecule has 0 saturated carbocycles. The Balaban J connectivity index is 1.59. The lowest BCUT2D eigenvalue weighted by Crippen LogP contribution is -2.39. The predicted molar refractivity (Wildman–Crippen MR) is 127 cm³/mol. The molecule has 0 unspecified atom stereocenters. The van der Waals surface area contributed by atoms with Crippen molar-refractivity contribution in [2.24, 2.45) is 0 Å². The molecular formula is C24H28N2O8S. The summed E-state index contributed by atoms with van der Waals surface area (Å²) in [7, 11) is 0. The van der Waals surface area contributed by atoms with Crippen LogP contribution in [0.25, 0.3) is 0 Å². The van der Waals surface area contributed by atoms with E-state index >= 15 is 0 Å². The third kappa shape index (κ3) is 7.03. The van der Waals surface area contributed by atoms with Gasteiger partial charge in [-0.1, -0.05) is 0 Å². The van der Waals surface area contributed by atoms with Crippen molar-refractivity contribution in [2.45, 2.75) is 45.9 Å². The summed E-state index contributed by atoms with van der Waals surface area (Å²) in [5, 5.41) is 20.8. The van der Waals surface area contributed by atoms with Crippen molar-refractivity contribution in [2.75, 3.05) is 19.7 Å². The molecule has 2 aromatic rings. The second-order valence-corrected chi connectivity index (χ2v) is 10.1. The Bertz CT molecular complexity index is 1140. The maximum absolute atomic E-state index is 12.7. The van der Waals surface area contributed by atoms with E-state index in [2.05, 4.69) is 5.32 Å². The number of carboxylic acids is 1. The fourth-order valence-corrected chi connectivity index (χ4v) is 4.51. The van der Waals surface area contributed by atoms with E-state index < -0.39 is 36.8 Å². The number of nitrogens with zero attached hydrogens (tertiary/aromatic N) is 1. The van der Waals surface area contributed by atoms with E-state index in [0.29, 0.717) is 24.4 Å². The third-order valence-corrected chi connectivity index (χ3v) is 6.29. The van der Waals surface area contributed by atoms with Gasteiger partial charge in [-0.25, -0.2) is 9.59 Å². The van der Waals surface area contributed by atoms with Gasteiger partial charge >= 0.3 is 12.1 Å². The van der Waals surface area contributed by atoms with Gasteiger partial charge < -0.3 is 29.9 Å². The number of rotatable bonds is 8. The Kier molecular flexibility index (Phi) is 8.13. The standard InChI is InChI=1S/C24H28N2O8S/c1-24(2,3)34-23(32)26-7-6-19-15(11-26)9-20(35-19)22(31)25-10-17(28)14-4-5-18(16(8-14)12-27)33-13-21(29)30/h4-5,8-9,27H,6-7,10-13H2,1-3H3,(H,25,31)(H,29,30). The van der Waals surface area contributed by atoms with Gasteiger partial charge in [0.15, 0.2) is 12.4 Å². The number of thiophene rings is 1. The molecule has 0 fully saturated rings. The van der Waals surface area contributed by atoms with Crippen LogP contribution < -0.4 is 10.1 Å². The fourth-order valence-electron chi connectivity index (χ4n) is 3.43. The monoisotopic (exact) mass is 504 g/mol. The molecule has 1 aliphatic heterocycles. The Morgan fingerprint density at radius 1 is 1.17 bits per heavy atom. The summed E-state index contributed by atoms with van der Waals surface area (Å²) < 4.78 is 10.5. The first-order chi connectivity index (χ1) is 16.5. The number of fused-ring (bicyclic) bond motifs is 1. The number of carboxylic acid groups (broad SMARTS) is 1. The van der Waals surface area contributed by atoms with Crippen LogP contribution in [0.5, 0.6) is 5.75 Å². The molecule has 1 aromatic carbocycles. The van der Waals surface area contributed by atoms with Crippen molar-refractivity contribution in [3.8, 4) is 5.75 Å². The Hall–Kier alpha value is -3.44. The van der Waals surface area contributed by atoms with Crippen LogP contribution in [0.2, 0.25) is 0 Å². The number of carbonyl (C=O) groups is 4. The molecule has 188 valence electrons. The van der Waals surface area contributed by atoms with Crippen LogP contribution in [0.4, 0.5) is 4.79 Å². The van der Waals surface area contributed by atoms with E-state index in [1.807, 2.05) is 0 Å². The number of aliphatic hydroxyl groups excluding tert-OH is 1. The number of aliphatic carboxylic acids is 1. The number of amides is 2. The highest BCUT2D eigenvalue weighted by Gasteiger charge is 2.28. The van der Waals surface area contributed by atoms with Gasteiger partial charge in [0.1, 0.15) is 11.4 Å². The van der Waals surface area contributed by atoms with Crippen LogP contribution in [-0.2, 0) is 29.1 Å². The van der Waals surface area contributed by atoms with Crippen molar-refractivity contribution >= 4 is 35.1 Å². The van der Waals surface area contributed by atoms with Crippen molar-refractivity contribution in [1.82, 2.24) is 10.2 Å². The van der Waals surface area contributed by atoms with Crippen molar-refractivity contribution in [1.29, 1.82) is 0 Å². The first kappa shape index (κ1) is 26.2. The lowest BCUT2D eigenvalue weighted by Gasteiger charge is -2.29. The van der Waals surface area contributed by atoms with Crippen LogP contribution in [0.1, 0.15) is 56.8 Å². The molecule has 0 bridgehead atoms.